The summed E-state index contributed by atoms with van der Waals surface area (Å²) in [5, 5.41) is 61.8. The molecular weight excluding hydrogens is 588 g/mol. The molecule has 0 aliphatic carbocycles. The van der Waals surface area contributed by atoms with Crippen LogP contribution in [0.1, 0.15) is 19.4 Å². The number of benzene rings is 3. The first-order chi connectivity index (χ1) is 21.4. The molecule has 5 atom stereocenters. The molecular formula is C33H34O12. The second-order valence-corrected chi connectivity index (χ2v) is 10.5. The van der Waals surface area contributed by atoms with Gasteiger partial charge in [-0.3, -0.25) is 4.79 Å². The normalized spacial score (nSPS) is 14.9. The maximum atomic E-state index is 13.6. The van der Waals surface area contributed by atoms with Crippen LogP contribution >= 0.6 is 0 Å². The van der Waals surface area contributed by atoms with Crippen LogP contribution in [0.4, 0.5) is 0 Å². The number of ether oxygens (including phenoxy) is 3. The number of fused-ring (bicyclic) bond motifs is 1. The molecule has 0 aliphatic rings. The van der Waals surface area contributed by atoms with Gasteiger partial charge in [-0.1, -0.05) is 19.1 Å². The van der Waals surface area contributed by atoms with Gasteiger partial charge in [-0.15, -0.1) is 0 Å². The smallest absolute Gasteiger partial charge is 0.330 e. The van der Waals surface area contributed by atoms with Crippen molar-refractivity contribution in [2.45, 2.75) is 38.3 Å². The molecule has 1 aromatic heterocycles. The first-order valence-electron chi connectivity index (χ1n) is 13.9. The Kier molecular flexibility index (Phi) is 10.3. The molecule has 0 saturated carbocycles. The van der Waals surface area contributed by atoms with Crippen LogP contribution in [0.2, 0.25) is 0 Å². The van der Waals surface area contributed by atoms with Gasteiger partial charge in [0.25, 0.3) is 0 Å². The number of phenols is 3. The van der Waals surface area contributed by atoms with Crippen LogP contribution in [0.3, 0.4) is 0 Å². The van der Waals surface area contributed by atoms with E-state index in [1.54, 1.807) is 12.1 Å². The molecule has 0 spiro atoms. The molecule has 12 nitrogen and oxygen atoms in total. The number of aliphatic hydroxyl groups excluding tert-OH is 3. The number of hydrogen-bond acceptors (Lipinski definition) is 12. The van der Waals surface area contributed by atoms with Gasteiger partial charge in [0, 0.05) is 29.7 Å². The van der Waals surface area contributed by atoms with Crippen LogP contribution in [-0.4, -0.2) is 74.7 Å². The van der Waals surface area contributed by atoms with Crippen molar-refractivity contribution in [1.82, 2.24) is 0 Å². The highest BCUT2D eigenvalue weighted by Crippen LogP contribution is 2.37. The molecule has 0 fully saturated rings. The van der Waals surface area contributed by atoms with E-state index >= 15 is 0 Å². The summed E-state index contributed by atoms with van der Waals surface area (Å²) in [5.41, 5.74) is 0.169. The van der Waals surface area contributed by atoms with E-state index in [0.717, 1.165) is 0 Å². The van der Waals surface area contributed by atoms with Crippen molar-refractivity contribution in [2.75, 3.05) is 13.7 Å². The van der Waals surface area contributed by atoms with E-state index in [1.165, 1.54) is 81.6 Å². The third kappa shape index (κ3) is 7.73. The summed E-state index contributed by atoms with van der Waals surface area (Å²) in [6.07, 6.45) is -3.74. The number of carbonyl (C=O) groups excluding carboxylic acids is 1. The summed E-state index contributed by atoms with van der Waals surface area (Å²) in [6, 6.07) is 14.4. The maximum Gasteiger partial charge on any atom is 0.330 e. The second kappa shape index (κ2) is 14.2. The number of rotatable bonds is 12. The Morgan fingerprint density at radius 3 is 2.13 bits per heavy atom. The Hall–Kier alpha value is -5.04. The number of carbonyl (C=O) groups is 1. The maximum absolute atomic E-state index is 13.6. The van der Waals surface area contributed by atoms with E-state index in [0.29, 0.717) is 11.1 Å². The number of esters is 1. The summed E-state index contributed by atoms with van der Waals surface area (Å²) >= 11 is 0. The zero-order valence-corrected chi connectivity index (χ0v) is 24.7. The highest BCUT2D eigenvalue weighted by molar-refractivity contribution is 5.88. The molecule has 0 aliphatic heterocycles. The number of hydrogen-bond donors (Lipinski definition) is 6. The Morgan fingerprint density at radius 2 is 1.51 bits per heavy atom. The minimum absolute atomic E-state index is 0.0165. The van der Waals surface area contributed by atoms with E-state index in [9.17, 15) is 40.2 Å². The summed E-state index contributed by atoms with van der Waals surface area (Å²) in [6.45, 7) is 2.57. The van der Waals surface area contributed by atoms with Gasteiger partial charge in [0.15, 0.2) is 5.76 Å². The van der Waals surface area contributed by atoms with Crippen LogP contribution < -0.4 is 14.9 Å². The van der Waals surface area contributed by atoms with Crippen LogP contribution in [-0.2, 0) is 9.53 Å². The van der Waals surface area contributed by atoms with Crippen LogP contribution in [0.5, 0.6) is 28.7 Å². The molecule has 0 bridgehead atoms. The molecule has 0 saturated heterocycles. The van der Waals surface area contributed by atoms with Crippen molar-refractivity contribution >= 4 is 23.0 Å². The van der Waals surface area contributed by atoms with E-state index in [-0.39, 0.29) is 40.6 Å². The van der Waals surface area contributed by atoms with Crippen LogP contribution in [0, 0.1) is 5.92 Å². The zero-order valence-electron chi connectivity index (χ0n) is 24.7. The lowest BCUT2D eigenvalue weighted by atomic mass is 9.95. The Labute approximate surface area is 257 Å². The van der Waals surface area contributed by atoms with Gasteiger partial charge in [-0.05, 0) is 55.0 Å². The Morgan fingerprint density at radius 1 is 0.889 bits per heavy atom. The average Bonchev–Trinajstić information content (AvgIpc) is 3.03. The molecule has 12 heteroatoms. The lowest BCUT2D eigenvalue weighted by Gasteiger charge is -2.30. The molecule has 45 heavy (non-hydrogen) atoms. The molecule has 0 amide bonds. The van der Waals surface area contributed by atoms with Crippen LogP contribution in [0.25, 0.3) is 28.4 Å². The first-order valence-corrected chi connectivity index (χ1v) is 13.9. The highest BCUT2D eigenvalue weighted by atomic mass is 16.5. The third-order valence-electron chi connectivity index (χ3n) is 7.13. The molecule has 238 valence electrons. The molecule has 1 heterocycles. The highest BCUT2D eigenvalue weighted by Gasteiger charge is 2.35. The van der Waals surface area contributed by atoms with Gasteiger partial charge >= 0.3 is 5.97 Å². The first kappa shape index (κ1) is 32.9. The van der Waals surface area contributed by atoms with Gasteiger partial charge < -0.3 is 49.3 Å². The summed E-state index contributed by atoms with van der Waals surface area (Å²) in [7, 11) is 1.38. The van der Waals surface area contributed by atoms with Gasteiger partial charge in [0.2, 0.25) is 11.2 Å². The monoisotopic (exact) mass is 622 g/mol. The van der Waals surface area contributed by atoms with Gasteiger partial charge in [-0.25, -0.2) is 4.79 Å². The number of aromatic hydroxyl groups is 3. The average molecular weight is 623 g/mol. The van der Waals surface area contributed by atoms with E-state index in [4.69, 9.17) is 18.6 Å². The largest absolute Gasteiger partial charge is 0.508 e. The minimum atomic E-state index is -1.79. The molecule has 4 aromatic rings. The summed E-state index contributed by atoms with van der Waals surface area (Å²) < 4.78 is 22.1. The van der Waals surface area contributed by atoms with Crippen molar-refractivity contribution in [1.29, 1.82) is 0 Å². The third-order valence-corrected chi connectivity index (χ3v) is 7.13. The SMILES string of the molecule is COc1cc(O)c2c(=O)c(O[C@H](C)C(O)C(O)[C@H](O)[C@H](C)COC(=O)/C=C/c3ccc(O)cc3)c(-c3ccc(O)cc3)oc2c1. The summed E-state index contributed by atoms with van der Waals surface area (Å²) in [5.74, 6) is -2.20. The predicted molar refractivity (Wildman–Crippen MR) is 163 cm³/mol. The van der Waals surface area contributed by atoms with E-state index in [1.807, 2.05) is 0 Å². The van der Waals surface area contributed by atoms with Gasteiger partial charge in [-0.2, -0.15) is 0 Å². The Bertz CT molecular complexity index is 1710. The topological polar surface area (TPSA) is 196 Å². The quantitative estimate of drug-likeness (QED) is 0.0998. The van der Waals surface area contributed by atoms with Crippen molar-refractivity contribution in [2.24, 2.45) is 5.92 Å². The Balaban J connectivity index is 1.50. The van der Waals surface area contributed by atoms with Gasteiger partial charge in [0.05, 0.1) is 19.8 Å². The standard InChI is InChI=1S/C33H34O12/c1-17(16-43-26(37)13-6-19-4-9-21(34)10-5-19)28(38)31(41)29(39)18(2)44-33-30(40)27-24(36)14-23(42-3)15-25(27)45-32(33)20-7-11-22(35)12-8-20/h4-15,17-18,28-29,31,34-36,38-39,41H,16H2,1-3H3/b13-6+/t17-,18-,28-,29?,31?/m1/s1. The lowest BCUT2D eigenvalue weighted by molar-refractivity contribution is -0.144. The fourth-order valence-corrected chi connectivity index (χ4v) is 4.47. The van der Waals surface area contributed by atoms with Crippen molar-refractivity contribution in [3.05, 3.63) is 82.5 Å². The minimum Gasteiger partial charge on any atom is -0.508 e. The summed E-state index contributed by atoms with van der Waals surface area (Å²) in [4.78, 5) is 25.7. The molecule has 6 N–H and O–H groups in total. The molecule has 0 radical (unpaired) electrons. The lowest BCUT2D eigenvalue weighted by Crippen LogP contribution is -2.48. The second-order valence-electron chi connectivity index (χ2n) is 10.5. The van der Waals surface area contributed by atoms with Gasteiger partial charge in [0.1, 0.15) is 52.3 Å². The molecule has 4 rings (SSSR count). The van der Waals surface area contributed by atoms with Crippen molar-refractivity contribution in [3.63, 3.8) is 0 Å². The van der Waals surface area contributed by atoms with Crippen molar-refractivity contribution < 1.29 is 54.1 Å². The zero-order chi connectivity index (χ0) is 32.8. The van der Waals surface area contributed by atoms with E-state index in [2.05, 4.69) is 0 Å². The van der Waals surface area contributed by atoms with Crippen LogP contribution in [0.15, 0.2) is 76.0 Å². The predicted octanol–water partition coefficient (Wildman–Crippen LogP) is 3.33. The molecule has 2 unspecified atom stereocenters. The number of methoxy groups -OCH3 is 1. The number of phenolic OH excluding ortho intramolecular Hbond substituents is 3. The molecule has 3 aromatic carbocycles. The number of aliphatic hydroxyl groups is 3. The van der Waals surface area contributed by atoms with E-state index < -0.39 is 53.2 Å². The van der Waals surface area contributed by atoms with Crippen molar-refractivity contribution in [3.8, 4) is 40.1 Å². The fraction of sp³-hybridized carbons (Fsp3) is 0.273. The fourth-order valence-electron chi connectivity index (χ4n) is 4.47.